The molecule has 5 heteroatoms. The molecule has 98 valence electrons. The second-order valence-electron chi connectivity index (χ2n) is 4.40. The first-order valence-electron chi connectivity index (χ1n) is 5.89. The van der Waals surface area contributed by atoms with Gasteiger partial charge in [-0.3, -0.25) is 4.79 Å². The summed E-state index contributed by atoms with van der Waals surface area (Å²) in [5.74, 6) is -0.263. The number of halogens is 1. The Morgan fingerprint density at radius 3 is 2.78 bits per heavy atom. The lowest BCUT2D eigenvalue weighted by Gasteiger charge is -2.19. The molecule has 3 atom stereocenters. The second kappa shape index (κ2) is 5.69. The van der Waals surface area contributed by atoms with Gasteiger partial charge in [-0.1, -0.05) is 23.7 Å². The van der Waals surface area contributed by atoms with Crippen LogP contribution in [0, 0.1) is 0 Å². The minimum absolute atomic E-state index is 0.207. The van der Waals surface area contributed by atoms with E-state index in [1.807, 2.05) is 0 Å². The van der Waals surface area contributed by atoms with Crippen LogP contribution in [0.25, 0.3) is 0 Å². The molecule has 1 aliphatic carbocycles. The molecule has 0 bridgehead atoms. The Morgan fingerprint density at radius 1 is 1.44 bits per heavy atom. The number of nitrogens with one attached hydrogen (secondary N) is 1. The van der Waals surface area contributed by atoms with E-state index >= 15 is 0 Å². The van der Waals surface area contributed by atoms with Gasteiger partial charge in [0.25, 0.3) is 5.91 Å². The summed E-state index contributed by atoms with van der Waals surface area (Å²) in [6.45, 7) is 0. The topological polar surface area (TPSA) is 58.6 Å². The first-order chi connectivity index (χ1) is 8.63. The number of rotatable bonds is 3. The van der Waals surface area contributed by atoms with Gasteiger partial charge >= 0.3 is 0 Å². The maximum absolute atomic E-state index is 12.0. The van der Waals surface area contributed by atoms with Gasteiger partial charge in [-0.25, -0.2) is 0 Å². The zero-order valence-electron chi connectivity index (χ0n) is 10.1. The molecular formula is C13H16ClNO3. The van der Waals surface area contributed by atoms with Gasteiger partial charge in [0.2, 0.25) is 0 Å². The number of carbonyl (C=O) groups excluding carboxylic acids is 1. The number of hydrogen-bond acceptors (Lipinski definition) is 3. The Hall–Kier alpha value is -1.10. The highest BCUT2D eigenvalue weighted by Gasteiger charge is 2.35. The van der Waals surface area contributed by atoms with Crippen molar-refractivity contribution in [3.63, 3.8) is 0 Å². The fourth-order valence-electron chi connectivity index (χ4n) is 2.25. The van der Waals surface area contributed by atoms with E-state index in [-0.39, 0.29) is 18.1 Å². The molecule has 2 rings (SSSR count). The minimum Gasteiger partial charge on any atom is -0.388 e. The number of amides is 1. The largest absolute Gasteiger partial charge is 0.388 e. The van der Waals surface area contributed by atoms with E-state index in [1.165, 1.54) is 0 Å². The van der Waals surface area contributed by atoms with Crippen LogP contribution in [0.5, 0.6) is 0 Å². The van der Waals surface area contributed by atoms with Crippen molar-refractivity contribution in [1.29, 1.82) is 0 Å². The van der Waals surface area contributed by atoms with Crippen molar-refractivity contribution in [2.24, 2.45) is 0 Å². The smallest absolute Gasteiger partial charge is 0.253 e. The van der Waals surface area contributed by atoms with Crippen LogP contribution in [-0.2, 0) is 4.74 Å². The molecule has 0 heterocycles. The third-order valence-electron chi connectivity index (χ3n) is 3.29. The highest BCUT2D eigenvalue weighted by molar-refractivity contribution is 6.33. The lowest BCUT2D eigenvalue weighted by Crippen LogP contribution is -2.43. The average molecular weight is 270 g/mol. The molecule has 18 heavy (non-hydrogen) atoms. The zero-order chi connectivity index (χ0) is 13.1. The number of aliphatic hydroxyl groups is 1. The van der Waals surface area contributed by atoms with E-state index in [0.29, 0.717) is 17.0 Å². The van der Waals surface area contributed by atoms with Crippen molar-refractivity contribution in [2.45, 2.75) is 31.1 Å². The molecule has 0 radical (unpaired) electrons. The molecule has 0 aromatic heterocycles. The summed E-state index contributed by atoms with van der Waals surface area (Å²) < 4.78 is 5.14. The Labute approximate surface area is 111 Å². The summed E-state index contributed by atoms with van der Waals surface area (Å²) in [4.78, 5) is 12.0. The number of methoxy groups -OCH3 is 1. The zero-order valence-corrected chi connectivity index (χ0v) is 10.9. The molecule has 0 spiro atoms. The van der Waals surface area contributed by atoms with Crippen molar-refractivity contribution in [2.75, 3.05) is 7.11 Å². The third kappa shape index (κ3) is 2.66. The summed E-state index contributed by atoms with van der Waals surface area (Å²) in [6.07, 6.45) is 0.573. The van der Waals surface area contributed by atoms with Crippen molar-refractivity contribution in [3.8, 4) is 0 Å². The van der Waals surface area contributed by atoms with Crippen LogP contribution in [0.2, 0.25) is 5.02 Å². The molecule has 0 saturated heterocycles. The molecule has 1 amide bonds. The van der Waals surface area contributed by atoms with Crippen molar-refractivity contribution >= 4 is 17.5 Å². The Bertz CT molecular complexity index is 438. The maximum Gasteiger partial charge on any atom is 0.253 e. The number of hydrogen-bond donors (Lipinski definition) is 2. The third-order valence-corrected chi connectivity index (χ3v) is 3.62. The summed E-state index contributed by atoms with van der Waals surface area (Å²) in [6, 6.07) is 6.57. The van der Waals surface area contributed by atoms with Gasteiger partial charge < -0.3 is 15.2 Å². The maximum atomic E-state index is 12.0. The standard InChI is InChI=1S/C13H16ClNO3/c1-18-11-7-6-10(12(11)16)15-13(17)8-4-2-3-5-9(8)14/h2-5,10-12,16H,6-7H2,1H3,(H,15,17)/t10-,11-,12-/m1/s1. The average Bonchev–Trinajstić information content (AvgIpc) is 2.71. The number of ether oxygens (including phenoxy) is 1. The fourth-order valence-corrected chi connectivity index (χ4v) is 2.47. The fraction of sp³-hybridized carbons (Fsp3) is 0.462. The molecule has 0 unspecified atom stereocenters. The van der Waals surface area contributed by atoms with E-state index < -0.39 is 6.10 Å². The second-order valence-corrected chi connectivity index (χ2v) is 4.81. The summed E-state index contributed by atoms with van der Waals surface area (Å²) in [5, 5.41) is 13.1. The number of aliphatic hydroxyl groups excluding tert-OH is 1. The van der Waals surface area contributed by atoms with E-state index in [9.17, 15) is 9.90 Å². The van der Waals surface area contributed by atoms with Crippen LogP contribution < -0.4 is 5.32 Å². The first kappa shape index (κ1) is 13.3. The van der Waals surface area contributed by atoms with Gasteiger partial charge in [0, 0.05) is 7.11 Å². The van der Waals surface area contributed by atoms with E-state index in [4.69, 9.17) is 16.3 Å². The van der Waals surface area contributed by atoms with Gasteiger partial charge in [-0.15, -0.1) is 0 Å². The summed E-state index contributed by atoms with van der Waals surface area (Å²) in [7, 11) is 1.56. The lowest BCUT2D eigenvalue weighted by atomic mass is 10.1. The van der Waals surface area contributed by atoms with Crippen molar-refractivity contribution in [1.82, 2.24) is 5.32 Å². The van der Waals surface area contributed by atoms with Crippen LogP contribution in [-0.4, -0.2) is 36.4 Å². The summed E-state index contributed by atoms with van der Waals surface area (Å²) in [5.41, 5.74) is 0.423. The van der Waals surface area contributed by atoms with Gasteiger partial charge in [0.05, 0.1) is 22.7 Å². The molecular weight excluding hydrogens is 254 g/mol. The number of carbonyl (C=O) groups is 1. The first-order valence-corrected chi connectivity index (χ1v) is 6.27. The summed E-state index contributed by atoms with van der Waals surface area (Å²) >= 11 is 5.95. The predicted molar refractivity (Wildman–Crippen MR) is 68.7 cm³/mol. The van der Waals surface area contributed by atoms with Crippen LogP contribution >= 0.6 is 11.6 Å². The van der Waals surface area contributed by atoms with Gasteiger partial charge in [0.15, 0.2) is 0 Å². The van der Waals surface area contributed by atoms with E-state index in [0.717, 1.165) is 6.42 Å². The Morgan fingerprint density at radius 2 is 2.17 bits per heavy atom. The highest BCUT2D eigenvalue weighted by atomic mass is 35.5. The van der Waals surface area contributed by atoms with Crippen LogP contribution in [0.15, 0.2) is 24.3 Å². The van der Waals surface area contributed by atoms with E-state index in [1.54, 1.807) is 31.4 Å². The van der Waals surface area contributed by atoms with Crippen LogP contribution in [0.1, 0.15) is 23.2 Å². The minimum atomic E-state index is -0.665. The van der Waals surface area contributed by atoms with Crippen LogP contribution in [0.4, 0.5) is 0 Å². The van der Waals surface area contributed by atoms with Crippen molar-refractivity contribution in [3.05, 3.63) is 34.9 Å². The predicted octanol–water partition coefficient (Wildman–Crippen LogP) is 1.61. The number of benzene rings is 1. The molecule has 4 nitrogen and oxygen atoms in total. The van der Waals surface area contributed by atoms with Crippen molar-refractivity contribution < 1.29 is 14.6 Å². The molecule has 1 saturated carbocycles. The van der Waals surface area contributed by atoms with Gasteiger partial charge in [0.1, 0.15) is 6.10 Å². The molecule has 1 aliphatic rings. The normalized spacial score (nSPS) is 27.2. The molecule has 1 aromatic carbocycles. The molecule has 1 fully saturated rings. The van der Waals surface area contributed by atoms with Gasteiger partial charge in [-0.05, 0) is 25.0 Å². The quantitative estimate of drug-likeness (QED) is 0.876. The molecule has 2 N–H and O–H groups in total. The Balaban J connectivity index is 2.03. The highest BCUT2D eigenvalue weighted by Crippen LogP contribution is 2.23. The molecule has 0 aliphatic heterocycles. The van der Waals surface area contributed by atoms with E-state index in [2.05, 4.69) is 5.32 Å². The Kier molecular flexibility index (Phi) is 4.22. The monoisotopic (exact) mass is 269 g/mol. The lowest BCUT2D eigenvalue weighted by molar-refractivity contribution is 0.000208. The van der Waals surface area contributed by atoms with Crippen LogP contribution in [0.3, 0.4) is 0 Å². The SMILES string of the molecule is CO[C@@H]1CC[C@@H](NC(=O)c2ccccc2Cl)[C@H]1O. The molecule has 1 aromatic rings. The van der Waals surface area contributed by atoms with Gasteiger partial charge in [-0.2, -0.15) is 0 Å².